The van der Waals surface area contributed by atoms with E-state index in [2.05, 4.69) is 20.5 Å². The molecule has 0 atom stereocenters. The van der Waals surface area contributed by atoms with Crippen LogP contribution in [0.5, 0.6) is 0 Å². The number of furan rings is 1. The highest BCUT2D eigenvalue weighted by molar-refractivity contribution is 5.89. The van der Waals surface area contributed by atoms with Gasteiger partial charge in [-0.15, -0.1) is 0 Å². The van der Waals surface area contributed by atoms with Crippen LogP contribution >= 0.6 is 0 Å². The highest BCUT2D eigenvalue weighted by Crippen LogP contribution is 2.22. The number of hydrogen-bond acceptors (Lipinski definition) is 5. The fourth-order valence-electron chi connectivity index (χ4n) is 1.95. The van der Waals surface area contributed by atoms with Gasteiger partial charge in [-0.2, -0.15) is 5.10 Å². The molecular weight excluding hydrogens is 252 g/mol. The zero-order chi connectivity index (χ0) is 13.9. The van der Waals surface area contributed by atoms with Gasteiger partial charge >= 0.3 is 0 Å². The molecule has 3 aromatic rings. The van der Waals surface area contributed by atoms with Gasteiger partial charge in [-0.25, -0.2) is 9.97 Å². The maximum Gasteiger partial charge on any atom is 0.161 e. The van der Waals surface area contributed by atoms with Crippen molar-refractivity contribution in [2.24, 2.45) is 5.10 Å². The lowest BCUT2D eigenvalue weighted by Crippen LogP contribution is -1.96. The molecule has 3 aromatic heterocycles. The Bertz CT molecular complexity index is 758. The smallest absolute Gasteiger partial charge is 0.161 e. The van der Waals surface area contributed by atoms with E-state index in [9.17, 15) is 0 Å². The number of aromatic nitrogens is 2. The molecule has 3 heterocycles. The third kappa shape index (κ3) is 2.51. The van der Waals surface area contributed by atoms with Crippen molar-refractivity contribution in [3.05, 3.63) is 53.7 Å². The lowest BCUT2D eigenvalue weighted by atomic mass is 10.2. The predicted octanol–water partition coefficient (Wildman–Crippen LogP) is 3.29. The molecule has 0 amide bonds. The molecule has 0 radical (unpaired) electrons. The fraction of sp³-hybridized carbons (Fsp3) is 0.133. The van der Waals surface area contributed by atoms with Crippen LogP contribution in [-0.4, -0.2) is 16.2 Å². The average molecular weight is 266 g/mol. The largest absolute Gasteiger partial charge is 0.463 e. The summed E-state index contributed by atoms with van der Waals surface area (Å²) in [5.41, 5.74) is 6.46. The first-order valence-electron chi connectivity index (χ1n) is 6.30. The minimum absolute atomic E-state index is 0.696. The van der Waals surface area contributed by atoms with Gasteiger partial charge in [0.05, 0.1) is 18.2 Å². The Morgan fingerprint density at radius 2 is 2.00 bits per heavy atom. The van der Waals surface area contributed by atoms with Crippen LogP contribution in [0.3, 0.4) is 0 Å². The number of hydrazone groups is 1. The number of nitrogens with one attached hydrogen (secondary N) is 1. The maximum atomic E-state index is 5.18. The zero-order valence-corrected chi connectivity index (χ0v) is 11.3. The van der Waals surface area contributed by atoms with E-state index in [1.807, 2.05) is 44.2 Å². The molecule has 0 unspecified atom stereocenters. The van der Waals surface area contributed by atoms with Crippen molar-refractivity contribution in [1.82, 2.24) is 9.97 Å². The van der Waals surface area contributed by atoms with Crippen molar-refractivity contribution in [2.75, 3.05) is 5.43 Å². The van der Waals surface area contributed by atoms with E-state index in [1.54, 1.807) is 12.5 Å². The van der Waals surface area contributed by atoms with Crippen LogP contribution in [0, 0.1) is 13.8 Å². The molecule has 0 saturated heterocycles. The van der Waals surface area contributed by atoms with Crippen molar-refractivity contribution in [3.63, 3.8) is 0 Å². The van der Waals surface area contributed by atoms with Crippen LogP contribution < -0.4 is 5.43 Å². The highest BCUT2D eigenvalue weighted by Gasteiger charge is 2.04. The molecule has 5 nitrogen and oxygen atoms in total. The molecule has 5 heteroatoms. The van der Waals surface area contributed by atoms with Gasteiger partial charge in [-0.05, 0) is 44.2 Å². The Morgan fingerprint density at radius 3 is 2.80 bits per heavy atom. The van der Waals surface area contributed by atoms with Crippen LogP contribution in [-0.2, 0) is 0 Å². The first kappa shape index (κ1) is 12.3. The number of aryl methyl sites for hydroxylation is 2. The minimum Gasteiger partial charge on any atom is -0.463 e. The second-order valence-electron chi connectivity index (χ2n) is 4.52. The molecule has 0 aliphatic heterocycles. The Kier molecular flexibility index (Phi) is 3.16. The second kappa shape index (κ2) is 5.13. The van der Waals surface area contributed by atoms with E-state index in [1.165, 1.54) is 0 Å². The Morgan fingerprint density at radius 1 is 1.15 bits per heavy atom. The molecule has 0 aliphatic rings. The topological polar surface area (TPSA) is 63.3 Å². The number of hydrogen-bond donors (Lipinski definition) is 1. The molecule has 100 valence electrons. The van der Waals surface area contributed by atoms with E-state index in [0.29, 0.717) is 5.76 Å². The number of rotatable bonds is 3. The molecule has 0 fully saturated rings. The monoisotopic (exact) mass is 266 g/mol. The van der Waals surface area contributed by atoms with Gasteiger partial charge in [0.15, 0.2) is 5.65 Å². The molecule has 0 aliphatic carbocycles. The Balaban J connectivity index is 1.94. The van der Waals surface area contributed by atoms with Gasteiger partial charge in [0.1, 0.15) is 5.76 Å². The predicted molar refractivity (Wildman–Crippen MR) is 78.9 cm³/mol. The van der Waals surface area contributed by atoms with Crippen molar-refractivity contribution < 1.29 is 4.42 Å². The van der Waals surface area contributed by atoms with E-state index in [4.69, 9.17) is 4.42 Å². The van der Waals surface area contributed by atoms with E-state index < -0.39 is 0 Å². The summed E-state index contributed by atoms with van der Waals surface area (Å²) in [6, 6.07) is 9.56. The average Bonchev–Trinajstić information content (AvgIpc) is 2.91. The summed E-state index contributed by atoms with van der Waals surface area (Å²) in [5.74, 6) is 0.696. The maximum absolute atomic E-state index is 5.18. The molecule has 0 saturated carbocycles. The fourth-order valence-corrected chi connectivity index (χ4v) is 1.95. The summed E-state index contributed by atoms with van der Waals surface area (Å²) in [5, 5.41) is 5.12. The number of fused-ring (bicyclic) bond motifs is 1. The van der Waals surface area contributed by atoms with Crippen LogP contribution in [0.25, 0.3) is 11.0 Å². The van der Waals surface area contributed by atoms with Gasteiger partial charge in [0, 0.05) is 16.8 Å². The van der Waals surface area contributed by atoms with Crippen LogP contribution in [0.1, 0.15) is 17.1 Å². The highest BCUT2D eigenvalue weighted by atomic mass is 16.3. The lowest BCUT2D eigenvalue weighted by molar-refractivity contribution is 0.560. The van der Waals surface area contributed by atoms with Crippen LogP contribution in [0.15, 0.2) is 46.1 Å². The summed E-state index contributed by atoms with van der Waals surface area (Å²) in [6.45, 7) is 3.89. The summed E-state index contributed by atoms with van der Waals surface area (Å²) in [6.07, 6.45) is 3.24. The summed E-state index contributed by atoms with van der Waals surface area (Å²) in [7, 11) is 0. The van der Waals surface area contributed by atoms with Crippen molar-refractivity contribution in [2.45, 2.75) is 13.8 Å². The number of nitrogens with zero attached hydrogens (tertiary/aromatic N) is 3. The summed E-state index contributed by atoms with van der Waals surface area (Å²) >= 11 is 0. The van der Waals surface area contributed by atoms with E-state index in [0.717, 1.165) is 28.1 Å². The van der Waals surface area contributed by atoms with Gasteiger partial charge in [0.25, 0.3) is 0 Å². The van der Waals surface area contributed by atoms with Crippen molar-refractivity contribution in [3.8, 4) is 0 Å². The second-order valence-corrected chi connectivity index (χ2v) is 4.52. The Hall–Kier alpha value is -2.69. The first-order chi connectivity index (χ1) is 9.72. The van der Waals surface area contributed by atoms with E-state index in [-0.39, 0.29) is 0 Å². The van der Waals surface area contributed by atoms with Gasteiger partial charge in [-0.3, -0.25) is 5.43 Å². The number of anilines is 1. The third-order valence-corrected chi connectivity index (χ3v) is 2.86. The quantitative estimate of drug-likeness (QED) is 0.583. The van der Waals surface area contributed by atoms with Gasteiger partial charge in [0.2, 0.25) is 0 Å². The van der Waals surface area contributed by atoms with E-state index >= 15 is 0 Å². The summed E-state index contributed by atoms with van der Waals surface area (Å²) in [4.78, 5) is 8.87. The first-order valence-corrected chi connectivity index (χ1v) is 6.30. The Labute approximate surface area is 116 Å². The molecule has 0 aromatic carbocycles. The molecule has 0 spiro atoms. The van der Waals surface area contributed by atoms with Crippen molar-refractivity contribution >= 4 is 22.9 Å². The number of pyridine rings is 2. The SMILES string of the molecule is Cc1ccc2c(N/N=C\c3ccco3)cc(C)nc2n1. The summed E-state index contributed by atoms with van der Waals surface area (Å²) < 4.78 is 5.18. The van der Waals surface area contributed by atoms with Crippen molar-refractivity contribution in [1.29, 1.82) is 0 Å². The van der Waals surface area contributed by atoms with Gasteiger partial charge < -0.3 is 4.42 Å². The molecule has 3 rings (SSSR count). The standard InChI is InChI=1S/C15H14N4O/c1-10-5-6-13-14(8-11(2)18-15(13)17-10)19-16-9-12-4-3-7-20-12/h3-9H,1-2H3,(H,17,18,19)/b16-9-. The molecule has 0 bridgehead atoms. The third-order valence-electron chi connectivity index (χ3n) is 2.86. The zero-order valence-electron chi connectivity index (χ0n) is 11.3. The molecular formula is C15H14N4O. The van der Waals surface area contributed by atoms with Crippen LogP contribution in [0.2, 0.25) is 0 Å². The molecule has 20 heavy (non-hydrogen) atoms. The lowest BCUT2D eigenvalue weighted by Gasteiger charge is -2.06. The minimum atomic E-state index is 0.696. The normalized spacial score (nSPS) is 11.3. The van der Waals surface area contributed by atoms with Gasteiger partial charge in [-0.1, -0.05) is 0 Å². The molecule has 1 N–H and O–H groups in total. The van der Waals surface area contributed by atoms with Crippen LogP contribution in [0.4, 0.5) is 5.69 Å².